The van der Waals surface area contributed by atoms with Gasteiger partial charge in [-0.05, 0) is 6.92 Å². The van der Waals surface area contributed by atoms with E-state index in [9.17, 15) is 4.79 Å². The molecule has 0 aliphatic carbocycles. The first kappa shape index (κ1) is 5.72. The van der Waals surface area contributed by atoms with Gasteiger partial charge < -0.3 is 0 Å². The Morgan fingerprint density at radius 2 is 2.50 bits per heavy atom. The fourth-order valence-electron chi connectivity index (χ4n) is 0.871. The average molecular weight is 114 g/mol. The molecule has 0 aromatic rings. The second kappa shape index (κ2) is 1.84. The number of hydrogen-bond acceptors (Lipinski definition) is 3. The zero-order valence-electron chi connectivity index (χ0n) is 4.92. The highest BCUT2D eigenvalue weighted by Gasteiger charge is 2.23. The maximum absolute atomic E-state index is 10.5. The van der Waals surface area contributed by atoms with Gasteiger partial charge in [-0.2, -0.15) is 0 Å². The van der Waals surface area contributed by atoms with Crippen molar-refractivity contribution in [1.82, 2.24) is 5.01 Å². The van der Waals surface area contributed by atoms with Gasteiger partial charge in [-0.25, -0.2) is 5.01 Å². The van der Waals surface area contributed by atoms with Gasteiger partial charge in [0.25, 0.3) is 0 Å². The quantitative estimate of drug-likeness (QED) is 0.433. The lowest BCUT2D eigenvalue weighted by atomic mass is 10.2. The molecule has 1 saturated heterocycles. The van der Waals surface area contributed by atoms with E-state index >= 15 is 0 Å². The normalized spacial score (nSPS) is 31.8. The minimum Gasteiger partial charge on any atom is -0.298 e. The molecule has 0 bridgehead atoms. The Labute approximate surface area is 48.4 Å². The summed E-state index contributed by atoms with van der Waals surface area (Å²) in [4.78, 5) is 10.5. The van der Waals surface area contributed by atoms with E-state index in [-0.39, 0.29) is 11.8 Å². The van der Waals surface area contributed by atoms with Crippen LogP contribution in [-0.2, 0) is 4.79 Å². The van der Waals surface area contributed by atoms with E-state index in [0.717, 1.165) is 0 Å². The Kier molecular flexibility index (Phi) is 1.31. The summed E-state index contributed by atoms with van der Waals surface area (Å²) in [6, 6.07) is 0.252. The zero-order chi connectivity index (χ0) is 6.15. The van der Waals surface area contributed by atoms with E-state index in [0.29, 0.717) is 13.0 Å². The number of ketones is 1. The number of nitrogens with zero attached hydrogens (tertiary/aromatic N) is 1. The van der Waals surface area contributed by atoms with E-state index in [1.807, 2.05) is 6.92 Å². The second-order valence-corrected chi connectivity index (χ2v) is 2.26. The molecule has 46 valence electrons. The molecule has 0 aromatic heterocycles. The smallest absolute Gasteiger partial charge is 0.149 e. The summed E-state index contributed by atoms with van der Waals surface area (Å²) in [5.74, 6) is 5.63. The largest absolute Gasteiger partial charge is 0.298 e. The van der Waals surface area contributed by atoms with E-state index in [1.165, 1.54) is 0 Å². The van der Waals surface area contributed by atoms with Crippen LogP contribution in [0.15, 0.2) is 0 Å². The Morgan fingerprint density at radius 3 is 2.62 bits per heavy atom. The molecule has 1 fully saturated rings. The van der Waals surface area contributed by atoms with Crippen molar-refractivity contribution in [2.45, 2.75) is 19.4 Å². The molecule has 0 saturated carbocycles. The molecule has 0 amide bonds. The Balaban J connectivity index is 2.51. The number of rotatable bonds is 0. The standard InChI is InChI=1S/C5H10N2O/c1-4-2-5(8)3-7(4)6/h4H,2-3,6H2,1H3. The monoisotopic (exact) mass is 114 g/mol. The van der Waals surface area contributed by atoms with E-state index in [1.54, 1.807) is 5.01 Å². The zero-order valence-corrected chi connectivity index (χ0v) is 4.92. The lowest BCUT2D eigenvalue weighted by Crippen LogP contribution is -2.33. The van der Waals surface area contributed by atoms with Crippen LogP contribution in [0.2, 0.25) is 0 Å². The van der Waals surface area contributed by atoms with Gasteiger partial charge in [0.2, 0.25) is 0 Å². The first-order valence-corrected chi connectivity index (χ1v) is 2.73. The molecule has 0 spiro atoms. The van der Waals surface area contributed by atoms with Crippen molar-refractivity contribution >= 4 is 5.78 Å². The van der Waals surface area contributed by atoms with Crippen LogP contribution in [0.4, 0.5) is 0 Å². The predicted octanol–water partition coefficient (Wildman–Crippen LogP) is -0.477. The van der Waals surface area contributed by atoms with Crippen LogP contribution in [0.5, 0.6) is 0 Å². The molecule has 3 nitrogen and oxygen atoms in total. The predicted molar refractivity (Wildman–Crippen MR) is 30.0 cm³/mol. The van der Waals surface area contributed by atoms with Crippen LogP contribution in [-0.4, -0.2) is 23.4 Å². The van der Waals surface area contributed by atoms with Crippen molar-refractivity contribution in [3.63, 3.8) is 0 Å². The second-order valence-electron chi connectivity index (χ2n) is 2.26. The summed E-state index contributed by atoms with van der Waals surface area (Å²) in [5, 5.41) is 1.57. The number of hydrogen-bond donors (Lipinski definition) is 1. The van der Waals surface area contributed by atoms with Crippen LogP contribution in [0.25, 0.3) is 0 Å². The maximum atomic E-state index is 10.5. The van der Waals surface area contributed by atoms with Gasteiger partial charge in [-0.15, -0.1) is 0 Å². The first-order chi connectivity index (χ1) is 3.70. The highest BCUT2D eigenvalue weighted by atomic mass is 16.1. The molecule has 1 atom stereocenters. The number of hydrazine groups is 1. The third kappa shape index (κ3) is 0.877. The topological polar surface area (TPSA) is 46.3 Å². The van der Waals surface area contributed by atoms with E-state index in [4.69, 9.17) is 5.84 Å². The first-order valence-electron chi connectivity index (χ1n) is 2.73. The van der Waals surface area contributed by atoms with Gasteiger partial charge >= 0.3 is 0 Å². The summed E-state index contributed by atoms with van der Waals surface area (Å²) in [6.07, 6.45) is 0.622. The lowest BCUT2D eigenvalue weighted by Gasteiger charge is -2.10. The Bertz CT molecular complexity index is 101. The number of Topliss-reactive ketones (excluding diaryl/α,β-unsaturated/α-hetero) is 1. The Hall–Kier alpha value is -0.410. The molecule has 1 unspecified atom stereocenters. The summed E-state index contributed by atoms with van der Waals surface area (Å²) in [6.45, 7) is 2.38. The molecular weight excluding hydrogens is 104 g/mol. The van der Waals surface area contributed by atoms with Gasteiger partial charge in [-0.3, -0.25) is 10.6 Å². The lowest BCUT2D eigenvalue weighted by molar-refractivity contribution is -0.116. The molecule has 1 aliphatic heterocycles. The van der Waals surface area contributed by atoms with Crippen molar-refractivity contribution in [1.29, 1.82) is 0 Å². The average Bonchev–Trinajstić information content (AvgIpc) is 1.85. The molecule has 0 radical (unpaired) electrons. The summed E-state index contributed by atoms with van der Waals surface area (Å²) < 4.78 is 0. The summed E-state index contributed by atoms with van der Waals surface area (Å²) in [7, 11) is 0. The van der Waals surface area contributed by atoms with Crippen LogP contribution >= 0.6 is 0 Å². The maximum Gasteiger partial charge on any atom is 0.149 e. The number of carbonyl (C=O) groups excluding carboxylic acids is 1. The van der Waals surface area contributed by atoms with Crippen LogP contribution in [0.3, 0.4) is 0 Å². The highest BCUT2D eigenvalue weighted by molar-refractivity contribution is 5.82. The Morgan fingerprint density at radius 1 is 1.88 bits per heavy atom. The van der Waals surface area contributed by atoms with E-state index in [2.05, 4.69) is 0 Å². The van der Waals surface area contributed by atoms with Crippen molar-refractivity contribution in [3.8, 4) is 0 Å². The van der Waals surface area contributed by atoms with E-state index < -0.39 is 0 Å². The van der Waals surface area contributed by atoms with Crippen molar-refractivity contribution in [3.05, 3.63) is 0 Å². The van der Waals surface area contributed by atoms with Crippen molar-refractivity contribution in [2.75, 3.05) is 6.54 Å². The molecule has 1 heterocycles. The van der Waals surface area contributed by atoms with Gasteiger partial charge in [0.05, 0.1) is 6.54 Å². The molecule has 0 aromatic carbocycles. The van der Waals surface area contributed by atoms with Crippen molar-refractivity contribution < 1.29 is 4.79 Å². The number of carbonyl (C=O) groups is 1. The summed E-state index contributed by atoms with van der Waals surface area (Å²) >= 11 is 0. The molecule has 3 heteroatoms. The fourth-order valence-corrected chi connectivity index (χ4v) is 0.871. The molecule has 2 N–H and O–H groups in total. The van der Waals surface area contributed by atoms with Crippen molar-refractivity contribution in [2.24, 2.45) is 5.84 Å². The van der Waals surface area contributed by atoms with Gasteiger partial charge in [0, 0.05) is 12.5 Å². The highest BCUT2D eigenvalue weighted by Crippen LogP contribution is 2.07. The minimum atomic E-state index is 0.250. The number of nitrogens with two attached hydrogens (primary N) is 1. The molecule has 8 heavy (non-hydrogen) atoms. The van der Waals surface area contributed by atoms with Gasteiger partial charge in [-0.1, -0.05) is 0 Å². The minimum absolute atomic E-state index is 0.250. The van der Waals surface area contributed by atoms with Crippen LogP contribution in [0, 0.1) is 0 Å². The van der Waals surface area contributed by atoms with Crippen LogP contribution in [0.1, 0.15) is 13.3 Å². The summed E-state index contributed by atoms with van der Waals surface area (Å²) in [5.41, 5.74) is 0. The molecular formula is C5H10N2O. The fraction of sp³-hybridized carbons (Fsp3) is 0.800. The van der Waals surface area contributed by atoms with Gasteiger partial charge in [0.15, 0.2) is 0 Å². The molecule has 1 rings (SSSR count). The molecule has 1 aliphatic rings. The third-order valence-electron chi connectivity index (χ3n) is 1.45. The van der Waals surface area contributed by atoms with Gasteiger partial charge in [0.1, 0.15) is 5.78 Å². The third-order valence-corrected chi connectivity index (χ3v) is 1.45. The van der Waals surface area contributed by atoms with Crippen LogP contribution < -0.4 is 5.84 Å². The SMILES string of the molecule is CC1CC(=O)CN1N.